The number of hydrogen-bond donors (Lipinski definition) is 3. The SMILES string of the molecule is CCC1(C(=O)O)CCN(C(=O)NCCCc2ncn[nH]2)C1. The molecule has 1 saturated heterocycles. The van der Waals surface area contributed by atoms with E-state index in [2.05, 4.69) is 20.5 Å². The van der Waals surface area contributed by atoms with E-state index in [1.165, 1.54) is 6.33 Å². The lowest BCUT2D eigenvalue weighted by Gasteiger charge is -2.23. The molecule has 1 aliphatic heterocycles. The molecule has 1 unspecified atom stereocenters. The van der Waals surface area contributed by atoms with Crippen molar-refractivity contribution in [2.24, 2.45) is 5.41 Å². The van der Waals surface area contributed by atoms with Crippen molar-refractivity contribution in [2.45, 2.75) is 32.6 Å². The Morgan fingerprint density at radius 3 is 2.95 bits per heavy atom. The number of carbonyl (C=O) groups excluding carboxylic acids is 1. The van der Waals surface area contributed by atoms with Crippen molar-refractivity contribution in [3.8, 4) is 0 Å². The predicted molar refractivity (Wildman–Crippen MR) is 74.7 cm³/mol. The molecule has 21 heavy (non-hydrogen) atoms. The summed E-state index contributed by atoms with van der Waals surface area (Å²) in [5.41, 5.74) is -0.781. The van der Waals surface area contributed by atoms with Crippen LogP contribution >= 0.6 is 0 Å². The number of urea groups is 1. The average Bonchev–Trinajstić information content (AvgIpc) is 3.13. The number of carboxylic acids is 1. The van der Waals surface area contributed by atoms with E-state index in [-0.39, 0.29) is 12.6 Å². The molecule has 2 rings (SSSR count). The van der Waals surface area contributed by atoms with E-state index >= 15 is 0 Å². The van der Waals surface area contributed by atoms with Gasteiger partial charge in [-0.25, -0.2) is 9.78 Å². The van der Waals surface area contributed by atoms with Crippen molar-refractivity contribution >= 4 is 12.0 Å². The van der Waals surface area contributed by atoms with Crippen LogP contribution in [0.1, 0.15) is 32.0 Å². The van der Waals surface area contributed by atoms with E-state index in [1.54, 1.807) is 4.90 Å². The molecule has 1 fully saturated rings. The van der Waals surface area contributed by atoms with Crippen molar-refractivity contribution in [1.82, 2.24) is 25.4 Å². The van der Waals surface area contributed by atoms with Crippen LogP contribution in [0.2, 0.25) is 0 Å². The Balaban J connectivity index is 1.73. The third-order valence-electron chi connectivity index (χ3n) is 4.10. The van der Waals surface area contributed by atoms with E-state index in [1.807, 2.05) is 6.92 Å². The summed E-state index contributed by atoms with van der Waals surface area (Å²) >= 11 is 0. The Morgan fingerprint density at radius 1 is 1.57 bits per heavy atom. The highest BCUT2D eigenvalue weighted by atomic mass is 16.4. The van der Waals surface area contributed by atoms with Gasteiger partial charge in [0.2, 0.25) is 0 Å². The van der Waals surface area contributed by atoms with Crippen molar-refractivity contribution in [1.29, 1.82) is 0 Å². The molecule has 8 heteroatoms. The number of hydrogen-bond acceptors (Lipinski definition) is 4. The highest BCUT2D eigenvalue weighted by Gasteiger charge is 2.44. The van der Waals surface area contributed by atoms with Gasteiger partial charge in [-0.05, 0) is 19.3 Å². The molecule has 1 atom stereocenters. The molecule has 0 spiro atoms. The molecule has 1 aromatic heterocycles. The van der Waals surface area contributed by atoms with Crippen molar-refractivity contribution in [3.05, 3.63) is 12.2 Å². The molecule has 2 heterocycles. The highest BCUT2D eigenvalue weighted by Crippen LogP contribution is 2.34. The lowest BCUT2D eigenvalue weighted by atomic mass is 9.84. The maximum atomic E-state index is 12.0. The first-order valence-electron chi connectivity index (χ1n) is 7.18. The molecule has 3 N–H and O–H groups in total. The summed E-state index contributed by atoms with van der Waals surface area (Å²) in [6, 6.07) is -0.191. The first-order chi connectivity index (χ1) is 10.1. The van der Waals surface area contributed by atoms with E-state index in [4.69, 9.17) is 0 Å². The van der Waals surface area contributed by atoms with Crippen molar-refractivity contribution in [3.63, 3.8) is 0 Å². The number of carboxylic acid groups (broad SMARTS) is 1. The summed E-state index contributed by atoms with van der Waals surface area (Å²) in [6.45, 7) is 3.16. The van der Waals surface area contributed by atoms with Crippen LogP contribution < -0.4 is 5.32 Å². The Morgan fingerprint density at radius 2 is 2.38 bits per heavy atom. The van der Waals surface area contributed by atoms with Crippen molar-refractivity contribution in [2.75, 3.05) is 19.6 Å². The van der Waals surface area contributed by atoms with Crippen LogP contribution in [0.15, 0.2) is 6.33 Å². The monoisotopic (exact) mass is 295 g/mol. The third kappa shape index (κ3) is 3.50. The van der Waals surface area contributed by atoms with E-state index in [9.17, 15) is 14.7 Å². The summed E-state index contributed by atoms with van der Waals surface area (Å²) in [5.74, 6) is -0.0214. The first-order valence-corrected chi connectivity index (χ1v) is 7.18. The average molecular weight is 295 g/mol. The molecule has 0 saturated carbocycles. The number of aromatic nitrogens is 3. The fourth-order valence-corrected chi connectivity index (χ4v) is 2.57. The lowest BCUT2D eigenvalue weighted by molar-refractivity contribution is -0.148. The molecular formula is C13H21N5O3. The van der Waals surface area contributed by atoms with Gasteiger partial charge in [-0.1, -0.05) is 6.92 Å². The second-order valence-electron chi connectivity index (χ2n) is 5.38. The number of aromatic amines is 1. The van der Waals surface area contributed by atoms with Crippen LogP contribution in [0, 0.1) is 5.41 Å². The Kier molecular flexibility index (Phi) is 4.77. The van der Waals surface area contributed by atoms with E-state index in [0.29, 0.717) is 32.4 Å². The molecule has 0 bridgehead atoms. The maximum absolute atomic E-state index is 12.0. The Labute approximate surface area is 122 Å². The fraction of sp³-hybridized carbons (Fsp3) is 0.692. The zero-order valence-electron chi connectivity index (χ0n) is 12.1. The Hall–Kier alpha value is -2.12. The fourth-order valence-electron chi connectivity index (χ4n) is 2.57. The molecule has 8 nitrogen and oxygen atoms in total. The van der Waals surface area contributed by atoms with Crippen molar-refractivity contribution < 1.29 is 14.7 Å². The van der Waals surface area contributed by atoms with Gasteiger partial charge in [0, 0.05) is 26.1 Å². The molecule has 0 radical (unpaired) electrons. The minimum absolute atomic E-state index is 0.191. The molecule has 0 aliphatic carbocycles. The second-order valence-corrected chi connectivity index (χ2v) is 5.38. The number of amides is 2. The van der Waals surface area contributed by atoms with E-state index in [0.717, 1.165) is 12.2 Å². The van der Waals surface area contributed by atoms with E-state index < -0.39 is 11.4 Å². The maximum Gasteiger partial charge on any atom is 0.317 e. The molecule has 1 aromatic rings. The van der Waals surface area contributed by atoms with Gasteiger partial charge in [-0.15, -0.1) is 0 Å². The standard InChI is InChI=1S/C13H21N5O3/c1-2-13(11(19)20)5-7-18(8-13)12(21)14-6-3-4-10-15-9-16-17-10/h9H,2-8H2,1H3,(H,14,21)(H,19,20)(H,15,16,17). The van der Waals surface area contributed by atoms with Crippen LogP contribution in [-0.4, -0.2) is 56.8 Å². The number of nitrogens with one attached hydrogen (secondary N) is 2. The van der Waals surface area contributed by atoms with Gasteiger partial charge in [-0.3, -0.25) is 9.89 Å². The van der Waals surface area contributed by atoms with Crippen LogP contribution in [-0.2, 0) is 11.2 Å². The minimum atomic E-state index is -0.814. The van der Waals surface area contributed by atoms with Gasteiger partial charge in [-0.2, -0.15) is 5.10 Å². The summed E-state index contributed by atoms with van der Waals surface area (Å²) in [6.07, 6.45) is 3.98. The number of carbonyl (C=O) groups is 2. The summed E-state index contributed by atoms with van der Waals surface area (Å²) in [5, 5.41) is 18.6. The summed E-state index contributed by atoms with van der Waals surface area (Å²) < 4.78 is 0. The number of rotatable bonds is 6. The topological polar surface area (TPSA) is 111 Å². The normalized spacial score (nSPS) is 21.5. The van der Waals surface area contributed by atoms with Gasteiger partial charge >= 0.3 is 12.0 Å². The second kappa shape index (κ2) is 6.55. The third-order valence-corrected chi connectivity index (χ3v) is 4.10. The minimum Gasteiger partial charge on any atom is -0.481 e. The predicted octanol–water partition coefficient (Wildman–Crippen LogP) is 0.634. The van der Waals surface area contributed by atoms with Gasteiger partial charge in [0.05, 0.1) is 5.41 Å². The zero-order valence-corrected chi connectivity index (χ0v) is 12.1. The molecule has 1 aliphatic rings. The molecule has 0 aromatic carbocycles. The highest BCUT2D eigenvalue weighted by molar-refractivity contribution is 5.79. The lowest BCUT2D eigenvalue weighted by Crippen LogP contribution is -2.42. The smallest absolute Gasteiger partial charge is 0.317 e. The quantitative estimate of drug-likeness (QED) is 0.667. The van der Waals surface area contributed by atoms with Gasteiger partial charge in [0.25, 0.3) is 0 Å². The van der Waals surface area contributed by atoms with Gasteiger partial charge in [0.15, 0.2) is 0 Å². The Bertz CT molecular complexity index is 490. The number of likely N-dealkylation sites (tertiary alicyclic amines) is 1. The van der Waals surface area contributed by atoms with Crippen LogP contribution in [0.25, 0.3) is 0 Å². The number of aryl methyl sites for hydroxylation is 1. The largest absolute Gasteiger partial charge is 0.481 e. The number of H-pyrrole nitrogens is 1. The number of aliphatic carboxylic acids is 1. The molecule has 2 amide bonds. The van der Waals surface area contributed by atoms with Crippen LogP contribution in [0.3, 0.4) is 0 Å². The van der Waals surface area contributed by atoms with Crippen LogP contribution in [0.5, 0.6) is 0 Å². The molecular weight excluding hydrogens is 274 g/mol. The first kappa shape index (κ1) is 15.3. The zero-order chi connectivity index (χ0) is 15.3. The van der Waals surface area contributed by atoms with Gasteiger partial charge in [0.1, 0.15) is 12.2 Å². The van der Waals surface area contributed by atoms with Crippen LogP contribution in [0.4, 0.5) is 4.79 Å². The number of nitrogens with zero attached hydrogens (tertiary/aromatic N) is 3. The summed E-state index contributed by atoms with van der Waals surface area (Å²) in [7, 11) is 0. The molecule has 116 valence electrons. The van der Waals surface area contributed by atoms with Gasteiger partial charge < -0.3 is 15.3 Å². The summed E-state index contributed by atoms with van der Waals surface area (Å²) in [4.78, 5) is 29.0.